The first kappa shape index (κ1) is 23.6. The molecule has 1 heterocycles. The molecule has 4 rings (SSSR count). The maximum absolute atomic E-state index is 13.1. The molecule has 9 heteroatoms. The number of hydrogen-bond donors (Lipinski definition) is 1. The van der Waals surface area contributed by atoms with Crippen LogP contribution in [0.15, 0.2) is 77.8 Å². The fourth-order valence-electron chi connectivity index (χ4n) is 3.23. The molecule has 0 spiro atoms. The molecule has 5 nitrogen and oxygen atoms in total. The highest BCUT2D eigenvalue weighted by Crippen LogP contribution is 2.32. The van der Waals surface area contributed by atoms with Gasteiger partial charge in [0.15, 0.2) is 5.17 Å². The summed E-state index contributed by atoms with van der Waals surface area (Å²) in [5.41, 5.74) is 2.07. The minimum Gasteiger partial charge on any atom is -0.325 e. The maximum atomic E-state index is 13.1. The molecule has 1 unspecified atom stereocenters. The molecule has 168 valence electrons. The Morgan fingerprint density at radius 3 is 2.30 bits per heavy atom. The number of nitrogens with one attached hydrogen (secondary N) is 1. The summed E-state index contributed by atoms with van der Waals surface area (Å²) in [4.78, 5) is 32.4. The van der Waals surface area contributed by atoms with Crippen LogP contribution in [0.4, 0.5) is 11.4 Å². The van der Waals surface area contributed by atoms with Crippen molar-refractivity contribution < 1.29 is 9.59 Å². The number of carbonyl (C=O) groups is 2. The molecule has 1 N–H and O–H groups in total. The Morgan fingerprint density at radius 1 is 0.970 bits per heavy atom. The molecule has 1 atom stereocenters. The van der Waals surface area contributed by atoms with Gasteiger partial charge in [0.25, 0.3) is 0 Å². The van der Waals surface area contributed by atoms with Crippen LogP contribution in [0, 0.1) is 0 Å². The van der Waals surface area contributed by atoms with Crippen LogP contribution in [0.5, 0.6) is 0 Å². The minimum absolute atomic E-state index is 0.0339. The lowest BCUT2D eigenvalue weighted by molar-refractivity contribution is -0.129. The molecule has 2 amide bonds. The molecule has 1 aliphatic rings. The zero-order chi connectivity index (χ0) is 23.4. The number of benzene rings is 3. The molecular weight excluding hydrogens is 501 g/mol. The lowest BCUT2D eigenvalue weighted by Gasteiger charge is -2.32. The minimum atomic E-state index is -0.654. The summed E-state index contributed by atoms with van der Waals surface area (Å²) < 4.78 is 0. The predicted molar refractivity (Wildman–Crippen MR) is 137 cm³/mol. The number of amides is 2. The predicted octanol–water partition coefficient (Wildman–Crippen LogP) is 6.81. The van der Waals surface area contributed by atoms with Crippen LogP contribution >= 0.6 is 46.6 Å². The molecule has 0 aromatic heterocycles. The van der Waals surface area contributed by atoms with Crippen molar-refractivity contribution in [1.82, 2.24) is 4.90 Å². The largest absolute Gasteiger partial charge is 0.325 e. The Bertz CT molecular complexity index is 1180. The molecule has 0 radical (unpaired) electrons. The van der Waals surface area contributed by atoms with Crippen molar-refractivity contribution in [2.45, 2.75) is 18.2 Å². The Morgan fingerprint density at radius 2 is 1.64 bits per heavy atom. The molecular formula is C24H18Cl3N3O2S. The van der Waals surface area contributed by atoms with Crippen LogP contribution in [0.25, 0.3) is 0 Å². The molecule has 0 bridgehead atoms. The summed E-state index contributed by atoms with van der Waals surface area (Å²) in [5.74, 6) is -0.513. The van der Waals surface area contributed by atoms with Gasteiger partial charge >= 0.3 is 0 Å². The average molecular weight is 519 g/mol. The molecule has 3 aromatic rings. The van der Waals surface area contributed by atoms with E-state index in [9.17, 15) is 9.59 Å². The number of anilines is 1. The average Bonchev–Trinajstić information content (AvgIpc) is 2.77. The number of thioether (sulfide) groups is 1. The number of hydrogen-bond acceptors (Lipinski definition) is 4. The van der Waals surface area contributed by atoms with Crippen LogP contribution in [0.1, 0.15) is 12.0 Å². The summed E-state index contributed by atoms with van der Waals surface area (Å²) in [7, 11) is 0. The molecule has 33 heavy (non-hydrogen) atoms. The highest BCUT2D eigenvalue weighted by Gasteiger charge is 2.36. The number of nitrogens with zero attached hydrogens (tertiary/aromatic N) is 2. The quantitative estimate of drug-likeness (QED) is 0.404. The summed E-state index contributed by atoms with van der Waals surface area (Å²) in [5, 5.41) is 4.04. The van der Waals surface area contributed by atoms with E-state index >= 15 is 0 Å². The van der Waals surface area contributed by atoms with E-state index in [4.69, 9.17) is 34.8 Å². The normalized spacial score (nSPS) is 17.3. The van der Waals surface area contributed by atoms with Gasteiger partial charge in [-0.15, -0.1) is 0 Å². The number of para-hydroxylation sites is 1. The standard InChI is InChI=1S/C24H18Cl3N3O2S/c25-16-8-6-15(7-9-16)14-30-22(31)13-21(33-24(30)29-19-4-2-1-3-5-19)23(32)28-20-11-17(26)10-18(27)12-20/h1-12,21H,13-14H2,(H,28,32). The number of aliphatic imine (C=N–C) groups is 1. The molecule has 3 aromatic carbocycles. The van der Waals surface area contributed by atoms with Crippen LogP contribution < -0.4 is 5.32 Å². The maximum Gasteiger partial charge on any atom is 0.238 e. The van der Waals surface area contributed by atoms with Crippen molar-refractivity contribution in [3.8, 4) is 0 Å². The SMILES string of the molecule is O=C(Nc1cc(Cl)cc(Cl)c1)C1CC(=O)N(Cc2ccc(Cl)cc2)C(=Nc2ccccc2)S1. The first-order chi connectivity index (χ1) is 15.9. The van der Waals surface area contributed by atoms with Gasteiger partial charge in [-0.25, -0.2) is 4.99 Å². The first-order valence-electron chi connectivity index (χ1n) is 9.99. The lowest BCUT2D eigenvalue weighted by atomic mass is 10.2. The number of rotatable bonds is 5. The van der Waals surface area contributed by atoms with Crippen molar-refractivity contribution in [2.24, 2.45) is 4.99 Å². The van der Waals surface area contributed by atoms with E-state index in [0.717, 1.165) is 5.56 Å². The van der Waals surface area contributed by atoms with Gasteiger partial charge in [0, 0.05) is 27.2 Å². The molecule has 1 saturated heterocycles. The molecule has 1 aliphatic heterocycles. The second kappa shape index (κ2) is 10.6. The van der Waals surface area contributed by atoms with E-state index in [-0.39, 0.29) is 18.2 Å². The van der Waals surface area contributed by atoms with Crippen molar-refractivity contribution in [3.63, 3.8) is 0 Å². The topological polar surface area (TPSA) is 61.8 Å². The molecule has 1 fully saturated rings. The molecule has 0 aliphatic carbocycles. The van der Waals surface area contributed by atoms with Crippen molar-refractivity contribution >= 4 is 74.9 Å². The van der Waals surface area contributed by atoms with E-state index in [2.05, 4.69) is 10.3 Å². The van der Waals surface area contributed by atoms with Crippen LogP contribution in [-0.4, -0.2) is 27.1 Å². The summed E-state index contributed by atoms with van der Waals surface area (Å²) >= 11 is 19.3. The fourth-order valence-corrected chi connectivity index (χ4v) is 4.98. The highest BCUT2D eigenvalue weighted by atomic mass is 35.5. The second-order valence-electron chi connectivity index (χ2n) is 7.29. The van der Waals surface area contributed by atoms with E-state index in [1.54, 1.807) is 35.2 Å². The first-order valence-corrected chi connectivity index (χ1v) is 12.0. The van der Waals surface area contributed by atoms with E-state index < -0.39 is 5.25 Å². The van der Waals surface area contributed by atoms with Crippen LogP contribution in [0.2, 0.25) is 15.1 Å². The summed E-state index contributed by atoms with van der Waals surface area (Å²) in [6.07, 6.45) is 0.0339. The van der Waals surface area contributed by atoms with Gasteiger partial charge < -0.3 is 5.32 Å². The highest BCUT2D eigenvalue weighted by molar-refractivity contribution is 8.15. The van der Waals surface area contributed by atoms with Gasteiger partial charge in [-0.2, -0.15) is 0 Å². The third-order valence-corrected chi connectivity index (χ3v) is 6.67. The smallest absolute Gasteiger partial charge is 0.238 e. The van der Waals surface area contributed by atoms with Gasteiger partial charge in [-0.3, -0.25) is 14.5 Å². The van der Waals surface area contributed by atoms with Crippen molar-refractivity contribution in [3.05, 3.63) is 93.4 Å². The Balaban J connectivity index is 1.59. The monoisotopic (exact) mass is 517 g/mol. The van der Waals surface area contributed by atoms with E-state index in [0.29, 0.717) is 38.2 Å². The van der Waals surface area contributed by atoms with E-state index in [1.807, 2.05) is 42.5 Å². The van der Waals surface area contributed by atoms with Crippen LogP contribution in [0.3, 0.4) is 0 Å². The lowest BCUT2D eigenvalue weighted by Crippen LogP contribution is -2.44. The Kier molecular flexibility index (Phi) is 7.60. The van der Waals surface area contributed by atoms with Crippen molar-refractivity contribution in [2.75, 3.05) is 5.32 Å². The van der Waals surface area contributed by atoms with E-state index in [1.165, 1.54) is 11.8 Å². The Labute approximate surface area is 210 Å². The van der Waals surface area contributed by atoms with Crippen LogP contribution in [-0.2, 0) is 16.1 Å². The third kappa shape index (κ3) is 6.30. The fraction of sp³-hybridized carbons (Fsp3) is 0.125. The second-order valence-corrected chi connectivity index (χ2v) is 9.77. The van der Waals surface area contributed by atoms with Gasteiger partial charge in [-0.1, -0.05) is 76.9 Å². The summed E-state index contributed by atoms with van der Waals surface area (Å²) in [6, 6.07) is 21.4. The zero-order valence-electron chi connectivity index (χ0n) is 17.2. The number of carbonyl (C=O) groups excluding carboxylic acids is 2. The number of amidine groups is 1. The Hall–Kier alpha value is -2.51. The van der Waals surface area contributed by atoms with Gasteiger partial charge in [0.05, 0.1) is 12.2 Å². The zero-order valence-corrected chi connectivity index (χ0v) is 20.3. The van der Waals surface area contributed by atoms with Crippen molar-refractivity contribution in [1.29, 1.82) is 0 Å². The third-order valence-electron chi connectivity index (χ3n) is 4.80. The van der Waals surface area contributed by atoms with Gasteiger partial charge in [0.1, 0.15) is 5.25 Å². The van der Waals surface area contributed by atoms with Gasteiger partial charge in [0.2, 0.25) is 11.8 Å². The summed E-state index contributed by atoms with van der Waals surface area (Å²) in [6.45, 7) is 0.326. The molecule has 0 saturated carbocycles. The number of halogens is 3. The van der Waals surface area contributed by atoms with Gasteiger partial charge in [-0.05, 0) is 48.0 Å².